The van der Waals surface area contributed by atoms with Gasteiger partial charge in [0.15, 0.2) is 0 Å². The van der Waals surface area contributed by atoms with Gasteiger partial charge in [0.05, 0.1) is 0 Å². The summed E-state index contributed by atoms with van der Waals surface area (Å²) in [6.45, 7) is 3.53. The molecule has 1 aromatic rings. The van der Waals surface area contributed by atoms with Gasteiger partial charge < -0.3 is 15.1 Å². The van der Waals surface area contributed by atoms with Gasteiger partial charge in [-0.25, -0.2) is 9.97 Å². The first-order chi connectivity index (χ1) is 8.69. The van der Waals surface area contributed by atoms with Crippen LogP contribution in [0.5, 0.6) is 0 Å². The van der Waals surface area contributed by atoms with Gasteiger partial charge in [0, 0.05) is 33.3 Å². The molecule has 18 heavy (non-hydrogen) atoms. The van der Waals surface area contributed by atoms with Crippen molar-refractivity contribution in [3.63, 3.8) is 0 Å². The Labute approximate surface area is 109 Å². The second-order valence-corrected chi connectivity index (χ2v) is 5.14. The van der Waals surface area contributed by atoms with Crippen molar-refractivity contribution in [2.45, 2.75) is 12.8 Å². The normalized spacial score (nSPS) is 20.1. The molecule has 0 saturated carbocycles. The van der Waals surface area contributed by atoms with Gasteiger partial charge in [-0.05, 0) is 32.4 Å². The minimum Gasteiger partial charge on any atom is -0.373 e. The molecule has 2 rings (SSSR count). The molecule has 100 valence electrons. The molecule has 1 fully saturated rings. The van der Waals surface area contributed by atoms with Crippen LogP contribution < -0.4 is 10.2 Å². The van der Waals surface area contributed by atoms with Gasteiger partial charge in [0.2, 0.25) is 0 Å². The Balaban J connectivity index is 1.85. The molecule has 1 unspecified atom stereocenters. The number of nitrogens with one attached hydrogen (secondary N) is 1. The molecule has 0 aliphatic carbocycles. The molecule has 0 spiro atoms. The van der Waals surface area contributed by atoms with Crippen LogP contribution in [0.4, 0.5) is 11.6 Å². The molecule has 1 atom stereocenters. The highest BCUT2D eigenvalue weighted by Gasteiger charge is 2.19. The van der Waals surface area contributed by atoms with Crippen LogP contribution in [-0.2, 0) is 0 Å². The van der Waals surface area contributed by atoms with Crippen molar-refractivity contribution >= 4 is 11.6 Å². The van der Waals surface area contributed by atoms with Crippen molar-refractivity contribution < 1.29 is 0 Å². The fraction of sp³-hybridized carbons (Fsp3) is 0.692. The SMILES string of the molecule is CNc1cc(N(C)CCC2CCN(C)C2)ncn1. The average molecular weight is 249 g/mol. The van der Waals surface area contributed by atoms with Crippen molar-refractivity contribution in [3.05, 3.63) is 12.4 Å². The third-order valence-electron chi connectivity index (χ3n) is 3.66. The zero-order valence-corrected chi connectivity index (χ0v) is 11.6. The highest BCUT2D eigenvalue weighted by Crippen LogP contribution is 2.19. The van der Waals surface area contributed by atoms with E-state index < -0.39 is 0 Å². The number of anilines is 2. The van der Waals surface area contributed by atoms with Crippen LogP contribution in [-0.4, -0.2) is 55.6 Å². The number of nitrogens with zero attached hydrogens (tertiary/aromatic N) is 4. The molecule has 0 radical (unpaired) electrons. The van der Waals surface area contributed by atoms with Crippen LogP contribution in [0.25, 0.3) is 0 Å². The molecular formula is C13H23N5. The van der Waals surface area contributed by atoms with E-state index in [-0.39, 0.29) is 0 Å². The summed E-state index contributed by atoms with van der Waals surface area (Å²) in [7, 11) is 6.17. The molecule has 1 aliphatic rings. The monoisotopic (exact) mass is 249 g/mol. The Hall–Kier alpha value is -1.36. The molecule has 0 amide bonds. The first kappa shape index (κ1) is 13.1. The van der Waals surface area contributed by atoms with E-state index in [0.717, 1.165) is 24.1 Å². The highest BCUT2D eigenvalue weighted by molar-refractivity contribution is 5.47. The third kappa shape index (κ3) is 3.32. The summed E-state index contributed by atoms with van der Waals surface area (Å²) in [6.07, 6.45) is 4.18. The van der Waals surface area contributed by atoms with E-state index in [1.165, 1.54) is 25.9 Å². The van der Waals surface area contributed by atoms with Crippen LogP contribution in [0, 0.1) is 5.92 Å². The predicted molar refractivity (Wildman–Crippen MR) is 75.1 cm³/mol. The van der Waals surface area contributed by atoms with Gasteiger partial charge in [0.25, 0.3) is 0 Å². The van der Waals surface area contributed by atoms with E-state index >= 15 is 0 Å². The van der Waals surface area contributed by atoms with Gasteiger partial charge in [0.1, 0.15) is 18.0 Å². The van der Waals surface area contributed by atoms with E-state index in [9.17, 15) is 0 Å². The first-order valence-electron chi connectivity index (χ1n) is 6.58. The molecule has 1 N–H and O–H groups in total. The van der Waals surface area contributed by atoms with Crippen molar-refractivity contribution in [3.8, 4) is 0 Å². The lowest BCUT2D eigenvalue weighted by Crippen LogP contribution is -2.23. The summed E-state index contributed by atoms with van der Waals surface area (Å²) in [5, 5.41) is 3.04. The minimum absolute atomic E-state index is 0.836. The van der Waals surface area contributed by atoms with E-state index in [0.29, 0.717) is 0 Å². The summed E-state index contributed by atoms with van der Waals surface area (Å²) >= 11 is 0. The Morgan fingerprint density at radius 3 is 3.00 bits per heavy atom. The van der Waals surface area contributed by atoms with Crippen molar-refractivity contribution in [1.29, 1.82) is 0 Å². The summed E-state index contributed by atoms with van der Waals surface area (Å²) in [4.78, 5) is 13.1. The van der Waals surface area contributed by atoms with Crippen molar-refractivity contribution in [1.82, 2.24) is 14.9 Å². The number of hydrogen-bond acceptors (Lipinski definition) is 5. The quantitative estimate of drug-likeness (QED) is 0.852. The maximum absolute atomic E-state index is 4.31. The minimum atomic E-state index is 0.836. The molecule has 1 aliphatic heterocycles. The zero-order valence-electron chi connectivity index (χ0n) is 11.6. The lowest BCUT2D eigenvalue weighted by atomic mass is 10.1. The van der Waals surface area contributed by atoms with Crippen LogP contribution in [0.3, 0.4) is 0 Å². The van der Waals surface area contributed by atoms with Gasteiger partial charge >= 0.3 is 0 Å². The number of aromatic nitrogens is 2. The molecule has 0 aromatic carbocycles. The second-order valence-electron chi connectivity index (χ2n) is 5.14. The van der Waals surface area contributed by atoms with E-state index in [1.807, 2.05) is 13.1 Å². The Bertz CT molecular complexity index is 381. The fourth-order valence-corrected chi connectivity index (χ4v) is 2.45. The summed E-state index contributed by atoms with van der Waals surface area (Å²) in [5.74, 6) is 2.69. The molecule has 1 aromatic heterocycles. The Kier molecular flexibility index (Phi) is 4.36. The smallest absolute Gasteiger partial charge is 0.133 e. The number of likely N-dealkylation sites (tertiary alicyclic amines) is 1. The second kappa shape index (κ2) is 6.00. The van der Waals surface area contributed by atoms with Crippen molar-refractivity contribution in [2.75, 3.05) is 51.0 Å². The standard InChI is InChI=1S/C13H23N5/c1-14-12-8-13(16-10-15-12)18(3)7-5-11-4-6-17(2)9-11/h8,10-11H,4-7,9H2,1-3H3,(H,14,15,16). The van der Waals surface area contributed by atoms with Crippen molar-refractivity contribution in [2.24, 2.45) is 5.92 Å². The topological polar surface area (TPSA) is 44.3 Å². The maximum Gasteiger partial charge on any atom is 0.133 e. The Morgan fingerprint density at radius 1 is 1.50 bits per heavy atom. The lowest BCUT2D eigenvalue weighted by Gasteiger charge is -2.20. The lowest BCUT2D eigenvalue weighted by molar-refractivity contribution is 0.389. The molecular weight excluding hydrogens is 226 g/mol. The van der Waals surface area contributed by atoms with Crippen LogP contribution in [0.2, 0.25) is 0 Å². The van der Waals surface area contributed by atoms with E-state index in [4.69, 9.17) is 0 Å². The molecule has 2 heterocycles. The molecule has 5 nitrogen and oxygen atoms in total. The number of rotatable bonds is 5. The van der Waals surface area contributed by atoms with Gasteiger partial charge in [-0.1, -0.05) is 0 Å². The molecule has 1 saturated heterocycles. The van der Waals surface area contributed by atoms with E-state index in [2.05, 4.69) is 39.2 Å². The van der Waals surface area contributed by atoms with Gasteiger partial charge in [-0.3, -0.25) is 0 Å². The molecule has 0 bridgehead atoms. The summed E-state index contributed by atoms with van der Waals surface area (Å²) < 4.78 is 0. The fourth-order valence-electron chi connectivity index (χ4n) is 2.45. The van der Waals surface area contributed by atoms with Gasteiger partial charge in [-0.2, -0.15) is 0 Å². The van der Waals surface area contributed by atoms with Crippen LogP contribution in [0.1, 0.15) is 12.8 Å². The zero-order chi connectivity index (χ0) is 13.0. The summed E-state index contributed by atoms with van der Waals surface area (Å²) in [6, 6.07) is 1.99. The largest absolute Gasteiger partial charge is 0.373 e. The average Bonchev–Trinajstić information content (AvgIpc) is 2.82. The maximum atomic E-state index is 4.31. The predicted octanol–water partition coefficient (Wildman–Crippen LogP) is 1.30. The third-order valence-corrected chi connectivity index (χ3v) is 3.66. The Morgan fingerprint density at radius 2 is 2.33 bits per heavy atom. The van der Waals surface area contributed by atoms with E-state index in [1.54, 1.807) is 6.33 Å². The highest BCUT2D eigenvalue weighted by atomic mass is 15.2. The number of hydrogen-bond donors (Lipinski definition) is 1. The summed E-state index contributed by atoms with van der Waals surface area (Å²) in [5.41, 5.74) is 0. The van der Waals surface area contributed by atoms with Crippen LogP contribution >= 0.6 is 0 Å². The van der Waals surface area contributed by atoms with Crippen LogP contribution in [0.15, 0.2) is 12.4 Å². The first-order valence-corrected chi connectivity index (χ1v) is 6.58. The molecule has 5 heteroatoms. The van der Waals surface area contributed by atoms with Gasteiger partial charge in [-0.15, -0.1) is 0 Å².